The van der Waals surface area contributed by atoms with Gasteiger partial charge in [0.15, 0.2) is 5.78 Å². The quantitative estimate of drug-likeness (QED) is 0.784. The average molecular weight is 327 g/mol. The molecular formula is C16H19F2NO4. The fourth-order valence-electron chi connectivity index (χ4n) is 2.26. The highest BCUT2D eigenvalue weighted by molar-refractivity contribution is 6.02. The van der Waals surface area contributed by atoms with Gasteiger partial charge in [-0.05, 0) is 32.9 Å². The Morgan fingerprint density at radius 1 is 1.26 bits per heavy atom. The van der Waals surface area contributed by atoms with Crippen LogP contribution in [0.15, 0.2) is 18.2 Å². The lowest BCUT2D eigenvalue weighted by molar-refractivity contribution is -0.0267. The monoisotopic (exact) mass is 327 g/mol. The average Bonchev–Trinajstić information content (AvgIpc) is 2.45. The Bertz CT molecular complexity index is 592. The summed E-state index contributed by atoms with van der Waals surface area (Å²) in [6, 6.07) is 2.05. The molecule has 2 rings (SSSR count). The third kappa shape index (κ3) is 4.04. The van der Waals surface area contributed by atoms with Crippen LogP contribution in [0.5, 0.6) is 0 Å². The molecule has 1 heterocycles. The highest BCUT2D eigenvalue weighted by Crippen LogP contribution is 2.21. The molecule has 0 aliphatic carbocycles. The van der Waals surface area contributed by atoms with E-state index >= 15 is 0 Å². The fourth-order valence-corrected chi connectivity index (χ4v) is 2.26. The fraction of sp³-hybridized carbons (Fsp3) is 0.500. The summed E-state index contributed by atoms with van der Waals surface area (Å²) in [5.41, 5.74) is -1.41. The van der Waals surface area contributed by atoms with Gasteiger partial charge in [0, 0.05) is 6.54 Å². The number of hydrogen-bond donors (Lipinski definition) is 0. The van der Waals surface area contributed by atoms with Gasteiger partial charge in [-0.15, -0.1) is 0 Å². The largest absolute Gasteiger partial charge is 0.444 e. The molecule has 1 unspecified atom stereocenters. The van der Waals surface area contributed by atoms with Crippen LogP contribution in [-0.4, -0.2) is 48.2 Å². The van der Waals surface area contributed by atoms with E-state index in [1.54, 1.807) is 20.8 Å². The molecule has 0 bridgehead atoms. The molecule has 0 saturated carbocycles. The van der Waals surface area contributed by atoms with Crippen LogP contribution < -0.4 is 0 Å². The van der Waals surface area contributed by atoms with Gasteiger partial charge >= 0.3 is 6.09 Å². The van der Waals surface area contributed by atoms with Gasteiger partial charge in [-0.3, -0.25) is 9.69 Å². The lowest BCUT2D eigenvalue weighted by Gasteiger charge is -2.35. The van der Waals surface area contributed by atoms with Crippen molar-refractivity contribution in [1.82, 2.24) is 4.90 Å². The van der Waals surface area contributed by atoms with E-state index in [0.717, 1.165) is 17.0 Å². The number of benzene rings is 1. The highest BCUT2D eigenvalue weighted by Gasteiger charge is 2.37. The van der Waals surface area contributed by atoms with E-state index in [4.69, 9.17) is 9.47 Å². The Balaban J connectivity index is 2.28. The maximum absolute atomic E-state index is 13.8. The smallest absolute Gasteiger partial charge is 0.411 e. The van der Waals surface area contributed by atoms with Gasteiger partial charge in [-0.2, -0.15) is 0 Å². The standard InChI is InChI=1S/C16H19F2NO4/c1-16(2,3)23-15(21)19-7-8-22-9-12(19)14(20)13-10(17)5-4-6-11(13)18/h4-6,12H,7-9H2,1-3H3. The molecule has 5 nitrogen and oxygen atoms in total. The number of halogens is 2. The lowest BCUT2D eigenvalue weighted by Crippen LogP contribution is -2.54. The molecule has 1 aliphatic rings. The van der Waals surface area contributed by atoms with E-state index in [-0.39, 0.29) is 19.8 Å². The maximum Gasteiger partial charge on any atom is 0.411 e. The van der Waals surface area contributed by atoms with E-state index in [0.29, 0.717) is 0 Å². The van der Waals surface area contributed by atoms with Crippen LogP contribution in [0.4, 0.5) is 13.6 Å². The molecule has 0 radical (unpaired) electrons. The van der Waals surface area contributed by atoms with Crippen molar-refractivity contribution in [2.45, 2.75) is 32.4 Å². The number of carbonyl (C=O) groups is 2. The molecule has 126 valence electrons. The summed E-state index contributed by atoms with van der Waals surface area (Å²) in [7, 11) is 0. The number of rotatable bonds is 2. The Kier molecular flexibility index (Phi) is 4.99. The van der Waals surface area contributed by atoms with Crippen molar-refractivity contribution < 1.29 is 27.8 Å². The molecule has 1 amide bonds. The van der Waals surface area contributed by atoms with Gasteiger partial charge in [-0.25, -0.2) is 13.6 Å². The van der Waals surface area contributed by atoms with Crippen molar-refractivity contribution in [2.75, 3.05) is 19.8 Å². The molecule has 23 heavy (non-hydrogen) atoms. The first kappa shape index (κ1) is 17.3. The summed E-state index contributed by atoms with van der Waals surface area (Å²) in [4.78, 5) is 25.9. The van der Waals surface area contributed by atoms with Crippen LogP contribution in [0.3, 0.4) is 0 Å². The first-order valence-electron chi connectivity index (χ1n) is 7.26. The molecule has 1 saturated heterocycles. The van der Waals surface area contributed by atoms with Crippen molar-refractivity contribution in [1.29, 1.82) is 0 Å². The molecule has 1 fully saturated rings. The molecule has 0 N–H and O–H groups in total. The zero-order valence-electron chi connectivity index (χ0n) is 13.3. The van der Waals surface area contributed by atoms with Gasteiger partial charge in [0.25, 0.3) is 0 Å². The number of amides is 1. The summed E-state index contributed by atoms with van der Waals surface area (Å²) >= 11 is 0. The number of morpholine rings is 1. The molecule has 7 heteroatoms. The van der Waals surface area contributed by atoms with Crippen LogP contribution in [0, 0.1) is 11.6 Å². The predicted molar refractivity (Wildman–Crippen MR) is 78.2 cm³/mol. The number of nitrogens with zero attached hydrogens (tertiary/aromatic N) is 1. The van der Waals surface area contributed by atoms with Crippen LogP contribution in [0.2, 0.25) is 0 Å². The molecule has 0 aromatic heterocycles. The lowest BCUT2D eigenvalue weighted by atomic mass is 10.0. The zero-order valence-corrected chi connectivity index (χ0v) is 13.3. The van der Waals surface area contributed by atoms with E-state index in [2.05, 4.69) is 0 Å². The molecule has 1 aromatic rings. The van der Waals surface area contributed by atoms with Crippen LogP contribution in [0.25, 0.3) is 0 Å². The minimum atomic E-state index is -1.12. The first-order valence-corrected chi connectivity index (χ1v) is 7.26. The summed E-state index contributed by atoms with van der Waals surface area (Å²) in [5.74, 6) is -2.78. The zero-order chi connectivity index (χ0) is 17.2. The minimum Gasteiger partial charge on any atom is -0.444 e. The van der Waals surface area contributed by atoms with E-state index in [1.807, 2.05) is 0 Å². The predicted octanol–water partition coefficient (Wildman–Crippen LogP) is 2.78. The second-order valence-corrected chi connectivity index (χ2v) is 6.23. The number of ketones is 1. The third-order valence-electron chi connectivity index (χ3n) is 3.27. The van der Waals surface area contributed by atoms with Crippen molar-refractivity contribution in [3.63, 3.8) is 0 Å². The van der Waals surface area contributed by atoms with Crippen LogP contribution >= 0.6 is 0 Å². The van der Waals surface area contributed by atoms with Gasteiger partial charge < -0.3 is 9.47 Å². The SMILES string of the molecule is CC(C)(C)OC(=O)N1CCOCC1C(=O)c1c(F)cccc1F. The summed E-state index contributed by atoms with van der Waals surface area (Å²) in [6.45, 7) is 5.28. The van der Waals surface area contributed by atoms with E-state index < -0.39 is 40.7 Å². The van der Waals surface area contributed by atoms with E-state index in [1.165, 1.54) is 6.07 Å². The number of hydrogen-bond acceptors (Lipinski definition) is 4. The molecule has 1 aliphatic heterocycles. The van der Waals surface area contributed by atoms with Gasteiger partial charge in [0.1, 0.15) is 23.3 Å². The van der Waals surface area contributed by atoms with Crippen molar-refractivity contribution in [3.05, 3.63) is 35.4 Å². The second kappa shape index (κ2) is 6.62. The summed E-state index contributed by atoms with van der Waals surface area (Å²) < 4.78 is 38.1. The Hall–Kier alpha value is -2.02. The van der Waals surface area contributed by atoms with Gasteiger partial charge in [0.2, 0.25) is 0 Å². The summed E-state index contributed by atoms with van der Waals surface area (Å²) in [6.07, 6.45) is -0.712. The molecule has 1 aromatic carbocycles. The number of Topliss-reactive ketones (excluding diaryl/α,β-unsaturated/α-hetero) is 1. The highest BCUT2D eigenvalue weighted by atomic mass is 19.1. The van der Waals surface area contributed by atoms with Crippen LogP contribution in [-0.2, 0) is 9.47 Å². The van der Waals surface area contributed by atoms with Gasteiger partial charge in [0.05, 0.1) is 18.8 Å². The van der Waals surface area contributed by atoms with Crippen molar-refractivity contribution in [2.24, 2.45) is 0 Å². The van der Waals surface area contributed by atoms with Crippen molar-refractivity contribution in [3.8, 4) is 0 Å². The third-order valence-corrected chi connectivity index (χ3v) is 3.27. The minimum absolute atomic E-state index is 0.112. The topological polar surface area (TPSA) is 55.8 Å². The first-order chi connectivity index (χ1) is 10.7. The molecular weight excluding hydrogens is 308 g/mol. The molecule has 1 atom stereocenters. The normalized spacial score (nSPS) is 18.7. The van der Waals surface area contributed by atoms with E-state index in [9.17, 15) is 18.4 Å². The second-order valence-electron chi connectivity index (χ2n) is 6.23. The molecule has 0 spiro atoms. The Morgan fingerprint density at radius 2 is 1.87 bits per heavy atom. The van der Waals surface area contributed by atoms with Crippen molar-refractivity contribution >= 4 is 11.9 Å². The summed E-state index contributed by atoms with van der Waals surface area (Å²) in [5, 5.41) is 0. The maximum atomic E-state index is 13.8. The Morgan fingerprint density at radius 3 is 2.43 bits per heavy atom. The Labute approximate surface area is 133 Å². The van der Waals surface area contributed by atoms with Crippen LogP contribution in [0.1, 0.15) is 31.1 Å². The van der Waals surface area contributed by atoms with Gasteiger partial charge in [-0.1, -0.05) is 6.07 Å². The number of ether oxygens (including phenoxy) is 2. The number of carbonyl (C=O) groups excluding carboxylic acids is 2.